The fourth-order valence-electron chi connectivity index (χ4n) is 1.19. The molecule has 0 aliphatic rings. The molecule has 0 aromatic carbocycles. The van der Waals surface area contributed by atoms with Crippen LogP contribution >= 0.6 is 0 Å². The van der Waals surface area contributed by atoms with Crippen LogP contribution in [-0.4, -0.2) is 37.1 Å². The average molecular weight is 212 g/mol. The highest BCUT2D eigenvalue weighted by Crippen LogP contribution is 1.94. The lowest BCUT2D eigenvalue weighted by Gasteiger charge is -2.16. The van der Waals surface area contributed by atoms with Gasteiger partial charge in [0.2, 0.25) is 0 Å². The zero-order valence-electron chi connectivity index (χ0n) is 9.66. The fourth-order valence-corrected chi connectivity index (χ4v) is 1.19. The molecule has 0 aromatic rings. The summed E-state index contributed by atoms with van der Waals surface area (Å²) in [6, 6.07) is 2.04. The van der Waals surface area contributed by atoms with Crippen LogP contribution < -0.4 is 0 Å². The lowest BCUT2D eigenvalue weighted by molar-refractivity contribution is -0.144. The largest absolute Gasteiger partial charge is 0.465 e. The number of nitriles is 1. The van der Waals surface area contributed by atoms with Crippen LogP contribution in [-0.2, 0) is 9.53 Å². The molecule has 0 spiro atoms. The first-order valence-electron chi connectivity index (χ1n) is 5.49. The monoisotopic (exact) mass is 212 g/mol. The zero-order valence-corrected chi connectivity index (χ0v) is 9.66. The maximum atomic E-state index is 11.3. The van der Waals surface area contributed by atoms with E-state index in [1.54, 1.807) is 4.90 Å². The van der Waals surface area contributed by atoms with Crippen LogP contribution in [0.2, 0.25) is 0 Å². The Morgan fingerprint density at radius 1 is 1.40 bits per heavy atom. The highest BCUT2D eigenvalue weighted by molar-refractivity contribution is 5.71. The van der Waals surface area contributed by atoms with Gasteiger partial charge >= 0.3 is 5.97 Å². The third-order valence-corrected chi connectivity index (χ3v) is 1.95. The summed E-state index contributed by atoms with van der Waals surface area (Å²) in [7, 11) is 0. The Hall–Kier alpha value is -1.08. The molecule has 0 bridgehead atoms. The van der Waals surface area contributed by atoms with Gasteiger partial charge in [0, 0.05) is 0 Å². The van der Waals surface area contributed by atoms with Crippen LogP contribution in [0.15, 0.2) is 0 Å². The number of hydrogen-bond acceptors (Lipinski definition) is 4. The van der Waals surface area contributed by atoms with Crippen molar-refractivity contribution in [3.05, 3.63) is 0 Å². The van der Waals surface area contributed by atoms with E-state index in [9.17, 15) is 4.79 Å². The minimum absolute atomic E-state index is 0.227. The number of ether oxygens (including phenoxy) is 1. The van der Waals surface area contributed by atoms with Gasteiger partial charge < -0.3 is 4.74 Å². The van der Waals surface area contributed by atoms with E-state index in [1.165, 1.54) is 0 Å². The molecule has 0 saturated heterocycles. The number of carbonyl (C=O) groups excluding carboxylic acids is 1. The molecule has 0 aliphatic carbocycles. The average Bonchev–Trinajstić information content (AvgIpc) is 2.19. The Labute approximate surface area is 91.8 Å². The molecule has 0 N–H and O–H groups in total. The van der Waals surface area contributed by atoms with Crippen molar-refractivity contribution in [2.75, 3.05) is 26.2 Å². The molecule has 0 aliphatic heterocycles. The topological polar surface area (TPSA) is 53.3 Å². The Kier molecular flexibility index (Phi) is 8.79. The van der Waals surface area contributed by atoms with Crippen molar-refractivity contribution in [2.45, 2.75) is 33.1 Å². The standard InChI is InChI=1S/C11H20N2O2/c1-3-5-9-15-11(14)10-13(7-4-2)8-6-12/h3-5,7-10H2,1-2H3. The Morgan fingerprint density at radius 3 is 2.67 bits per heavy atom. The van der Waals surface area contributed by atoms with Crippen molar-refractivity contribution in [1.82, 2.24) is 4.90 Å². The molecule has 0 aromatic heterocycles. The van der Waals surface area contributed by atoms with Crippen molar-refractivity contribution in [2.24, 2.45) is 0 Å². The van der Waals surface area contributed by atoms with Crippen molar-refractivity contribution >= 4 is 5.97 Å². The van der Waals surface area contributed by atoms with Crippen LogP contribution in [0.4, 0.5) is 0 Å². The van der Waals surface area contributed by atoms with Crippen LogP contribution in [0, 0.1) is 11.3 Å². The van der Waals surface area contributed by atoms with Gasteiger partial charge in [0.1, 0.15) is 0 Å². The smallest absolute Gasteiger partial charge is 0.320 e. The van der Waals surface area contributed by atoms with E-state index in [1.807, 2.05) is 19.9 Å². The highest BCUT2D eigenvalue weighted by Gasteiger charge is 2.09. The van der Waals surface area contributed by atoms with E-state index in [-0.39, 0.29) is 19.1 Å². The summed E-state index contributed by atoms with van der Waals surface area (Å²) in [4.78, 5) is 13.1. The highest BCUT2D eigenvalue weighted by atomic mass is 16.5. The summed E-state index contributed by atoms with van der Waals surface area (Å²) in [6.45, 7) is 5.83. The molecule has 0 radical (unpaired) electrons. The predicted molar refractivity (Wildman–Crippen MR) is 58.2 cm³/mol. The molecule has 0 amide bonds. The third kappa shape index (κ3) is 7.95. The number of nitrogens with zero attached hydrogens (tertiary/aromatic N) is 2. The summed E-state index contributed by atoms with van der Waals surface area (Å²) in [6.07, 6.45) is 2.85. The molecule has 0 unspecified atom stereocenters. The summed E-state index contributed by atoms with van der Waals surface area (Å²) in [5, 5.41) is 8.55. The zero-order chi connectivity index (χ0) is 11.5. The second-order valence-electron chi connectivity index (χ2n) is 3.44. The van der Waals surface area contributed by atoms with Gasteiger partial charge in [0.15, 0.2) is 0 Å². The van der Waals surface area contributed by atoms with E-state index in [2.05, 4.69) is 0 Å². The molecule has 0 fully saturated rings. The molecule has 0 heterocycles. The van der Waals surface area contributed by atoms with Crippen LogP contribution in [0.1, 0.15) is 33.1 Å². The van der Waals surface area contributed by atoms with Gasteiger partial charge in [-0.25, -0.2) is 0 Å². The summed E-state index contributed by atoms with van der Waals surface area (Å²) >= 11 is 0. The SMILES string of the molecule is CCCCOC(=O)CN(CC#N)CCC. The maximum absolute atomic E-state index is 11.3. The normalized spacial score (nSPS) is 10.0. The van der Waals surface area contributed by atoms with Gasteiger partial charge in [-0.05, 0) is 19.4 Å². The molecule has 15 heavy (non-hydrogen) atoms. The van der Waals surface area contributed by atoms with Crippen molar-refractivity contribution in [1.29, 1.82) is 5.26 Å². The summed E-state index contributed by atoms with van der Waals surface area (Å²) in [5.41, 5.74) is 0. The first kappa shape index (κ1) is 13.9. The van der Waals surface area contributed by atoms with Gasteiger partial charge in [-0.1, -0.05) is 20.3 Å². The second-order valence-corrected chi connectivity index (χ2v) is 3.44. The quantitative estimate of drug-likeness (QED) is 0.348. The number of carbonyl (C=O) groups is 1. The lowest BCUT2D eigenvalue weighted by atomic mass is 10.3. The number of hydrogen-bond donors (Lipinski definition) is 0. The van der Waals surface area contributed by atoms with Crippen molar-refractivity contribution < 1.29 is 9.53 Å². The van der Waals surface area contributed by atoms with Gasteiger partial charge in [-0.15, -0.1) is 0 Å². The first-order valence-corrected chi connectivity index (χ1v) is 5.49. The minimum atomic E-state index is -0.229. The Balaban J connectivity index is 3.74. The van der Waals surface area contributed by atoms with E-state index in [4.69, 9.17) is 10.00 Å². The van der Waals surface area contributed by atoms with Crippen molar-refractivity contribution in [3.63, 3.8) is 0 Å². The van der Waals surface area contributed by atoms with Crippen LogP contribution in [0.5, 0.6) is 0 Å². The van der Waals surface area contributed by atoms with Gasteiger partial charge in [-0.2, -0.15) is 5.26 Å². The van der Waals surface area contributed by atoms with E-state index in [0.29, 0.717) is 6.61 Å². The van der Waals surface area contributed by atoms with E-state index >= 15 is 0 Å². The van der Waals surface area contributed by atoms with Gasteiger partial charge in [0.05, 0.1) is 25.8 Å². The molecular formula is C11H20N2O2. The minimum Gasteiger partial charge on any atom is -0.465 e. The van der Waals surface area contributed by atoms with Crippen LogP contribution in [0.25, 0.3) is 0 Å². The molecule has 86 valence electrons. The number of rotatable bonds is 8. The molecule has 0 rings (SSSR count). The predicted octanol–water partition coefficient (Wildman–Crippen LogP) is 1.57. The number of unbranched alkanes of at least 4 members (excludes halogenated alkanes) is 1. The molecule has 4 nitrogen and oxygen atoms in total. The lowest BCUT2D eigenvalue weighted by Crippen LogP contribution is -2.32. The summed E-state index contributed by atoms with van der Waals surface area (Å²) < 4.78 is 5.02. The molecule has 0 atom stereocenters. The Bertz CT molecular complexity index is 211. The molecule has 0 saturated carbocycles. The third-order valence-electron chi connectivity index (χ3n) is 1.95. The number of esters is 1. The van der Waals surface area contributed by atoms with Crippen LogP contribution in [0.3, 0.4) is 0 Å². The van der Waals surface area contributed by atoms with Gasteiger partial charge in [-0.3, -0.25) is 9.69 Å². The first-order chi connectivity index (χ1) is 7.24. The second kappa shape index (κ2) is 9.47. The molecular weight excluding hydrogens is 192 g/mol. The fraction of sp³-hybridized carbons (Fsp3) is 0.818. The Morgan fingerprint density at radius 2 is 2.13 bits per heavy atom. The maximum Gasteiger partial charge on any atom is 0.320 e. The van der Waals surface area contributed by atoms with Crippen molar-refractivity contribution in [3.8, 4) is 6.07 Å². The van der Waals surface area contributed by atoms with E-state index in [0.717, 1.165) is 25.8 Å². The van der Waals surface area contributed by atoms with E-state index < -0.39 is 0 Å². The molecule has 4 heteroatoms. The van der Waals surface area contributed by atoms with Gasteiger partial charge in [0.25, 0.3) is 0 Å². The summed E-state index contributed by atoms with van der Waals surface area (Å²) in [5.74, 6) is -0.229.